The summed E-state index contributed by atoms with van der Waals surface area (Å²) in [5, 5.41) is 10.5. The van der Waals surface area contributed by atoms with Crippen molar-refractivity contribution in [3.8, 4) is 11.1 Å². The van der Waals surface area contributed by atoms with Crippen molar-refractivity contribution in [2.24, 2.45) is 0 Å². The molecule has 0 unspecified atom stereocenters. The third-order valence-corrected chi connectivity index (χ3v) is 3.82. The molecular formula is C20H18O. The molecule has 0 aromatic heterocycles. The molecule has 0 aliphatic heterocycles. The Morgan fingerprint density at radius 1 is 0.667 bits per heavy atom. The first-order chi connectivity index (χ1) is 10.3. The summed E-state index contributed by atoms with van der Waals surface area (Å²) in [5.41, 5.74) is 5.34. The summed E-state index contributed by atoms with van der Waals surface area (Å²) < 4.78 is 0. The number of aliphatic hydroxyl groups is 1. The SMILES string of the molecule is Cc1ccccc1[C@H](O)c1ccc(-c2ccccc2)cc1. The Morgan fingerprint density at radius 2 is 1.24 bits per heavy atom. The predicted octanol–water partition coefficient (Wildman–Crippen LogP) is 4.74. The first-order valence-corrected chi connectivity index (χ1v) is 7.14. The van der Waals surface area contributed by atoms with Crippen LogP contribution in [-0.4, -0.2) is 5.11 Å². The molecule has 1 heteroatoms. The highest BCUT2D eigenvalue weighted by Gasteiger charge is 2.12. The van der Waals surface area contributed by atoms with E-state index in [2.05, 4.69) is 24.3 Å². The van der Waals surface area contributed by atoms with Gasteiger partial charge in [0.1, 0.15) is 6.10 Å². The minimum absolute atomic E-state index is 0.573. The van der Waals surface area contributed by atoms with E-state index in [4.69, 9.17) is 0 Å². The lowest BCUT2D eigenvalue weighted by atomic mass is 9.96. The molecule has 1 nitrogen and oxygen atoms in total. The summed E-state index contributed by atoms with van der Waals surface area (Å²) in [4.78, 5) is 0. The van der Waals surface area contributed by atoms with Gasteiger partial charge in [0, 0.05) is 0 Å². The molecule has 0 radical (unpaired) electrons. The first-order valence-electron chi connectivity index (χ1n) is 7.14. The maximum atomic E-state index is 10.5. The second-order valence-electron chi connectivity index (χ2n) is 5.25. The Morgan fingerprint density at radius 3 is 1.90 bits per heavy atom. The van der Waals surface area contributed by atoms with Crippen LogP contribution in [0.5, 0.6) is 0 Å². The molecule has 1 atom stereocenters. The summed E-state index contributed by atoms with van der Waals surface area (Å²) in [6, 6.07) is 26.3. The number of benzene rings is 3. The third-order valence-electron chi connectivity index (χ3n) is 3.82. The topological polar surface area (TPSA) is 20.2 Å². The van der Waals surface area contributed by atoms with Gasteiger partial charge in [-0.05, 0) is 34.7 Å². The maximum Gasteiger partial charge on any atom is 0.104 e. The van der Waals surface area contributed by atoms with Crippen LogP contribution in [0.1, 0.15) is 22.8 Å². The van der Waals surface area contributed by atoms with Gasteiger partial charge in [0.15, 0.2) is 0 Å². The van der Waals surface area contributed by atoms with Crippen LogP contribution < -0.4 is 0 Å². The summed E-state index contributed by atoms with van der Waals surface area (Å²) in [7, 11) is 0. The molecule has 0 fully saturated rings. The van der Waals surface area contributed by atoms with E-state index in [1.165, 1.54) is 5.56 Å². The number of aryl methyl sites for hydroxylation is 1. The third kappa shape index (κ3) is 2.88. The number of aliphatic hydroxyl groups excluding tert-OH is 1. The van der Waals surface area contributed by atoms with Crippen LogP contribution in [0.3, 0.4) is 0 Å². The van der Waals surface area contributed by atoms with Crippen molar-refractivity contribution in [1.82, 2.24) is 0 Å². The molecule has 3 aromatic rings. The average molecular weight is 274 g/mol. The lowest BCUT2D eigenvalue weighted by Gasteiger charge is -2.14. The summed E-state index contributed by atoms with van der Waals surface area (Å²) in [6.45, 7) is 2.02. The molecule has 21 heavy (non-hydrogen) atoms. The fourth-order valence-electron chi connectivity index (χ4n) is 2.56. The van der Waals surface area contributed by atoms with Crippen molar-refractivity contribution >= 4 is 0 Å². The number of rotatable bonds is 3. The zero-order chi connectivity index (χ0) is 14.7. The van der Waals surface area contributed by atoms with Crippen LogP contribution in [0.25, 0.3) is 11.1 Å². The molecule has 0 saturated carbocycles. The highest BCUT2D eigenvalue weighted by atomic mass is 16.3. The molecule has 0 aliphatic carbocycles. The second-order valence-corrected chi connectivity index (χ2v) is 5.25. The molecule has 0 heterocycles. The van der Waals surface area contributed by atoms with Crippen LogP contribution >= 0.6 is 0 Å². The fraction of sp³-hybridized carbons (Fsp3) is 0.100. The second kappa shape index (κ2) is 5.94. The summed E-state index contributed by atoms with van der Waals surface area (Å²) >= 11 is 0. The Balaban J connectivity index is 1.89. The van der Waals surface area contributed by atoms with E-state index >= 15 is 0 Å². The van der Waals surface area contributed by atoms with Crippen LogP contribution in [-0.2, 0) is 0 Å². The molecule has 104 valence electrons. The number of hydrogen-bond donors (Lipinski definition) is 1. The predicted molar refractivity (Wildman–Crippen MR) is 87.1 cm³/mol. The minimum atomic E-state index is -0.573. The molecule has 0 amide bonds. The molecule has 0 spiro atoms. The van der Waals surface area contributed by atoms with Gasteiger partial charge >= 0.3 is 0 Å². The van der Waals surface area contributed by atoms with Gasteiger partial charge in [0.25, 0.3) is 0 Å². The summed E-state index contributed by atoms with van der Waals surface area (Å²) in [5.74, 6) is 0. The first kappa shape index (κ1) is 13.6. The van der Waals surface area contributed by atoms with Gasteiger partial charge in [-0.15, -0.1) is 0 Å². The van der Waals surface area contributed by atoms with Gasteiger partial charge in [-0.3, -0.25) is 0 Å². The van der Waals surface area contributed by atoms with E-state index < -0.39 is 6.10 Å². The normalized spacial score (nSPS) is 12.1. The molecule has 3 rings (SSSR count). The molecule has 0 aliphatic rings. The van der Waals surface area contributed by atoms with Gasteiger partial charge < -0.3 is 5.11 Å². The van der Waals surface area contributed by atoms with Crippen molar-refractivity contribution in [3.63, 3.8) is 0 Å². The molecule has 3 aromatic carbocycles. The minimum Gasteiger partial charge on any atom is -0.384 e. The van der Waals surface area contributed by atoms with Gasteiger partial charge in [-0.25, -0.2) is 0 Å². The van der Waals surface area contributed by atoms with Crippen LogP contribution in [0, 0.1) is 6.92 Å². The largest absolute Gasteiger partial charge is 0.384 e. The fourth-order valence-corrected chi connectivity index (χ4v) is 2.56. The van der Waals surface area contributed by atoms with Gasteiger partial charge in [0.05, 0.1) is 0 Å². The lowest BCUT2D eigenvalue weighted by molar-refractivity contribution is 0.219. The van der Waals surface area contributed by atoms with E-state index in [1.807, 2.05) is 61.5 Å². The smallest absolute Gasteiger partial charge is 0.104 e. The zero-order valence-electron chi connectivity index (χ0n) is 12.0. The molecule has 0 bridgehead atoms. The van der Waals surface area contributed by atoms with E-state index in [-0.39, 0.29) is 0 Å². The van der Waals surface area contributed by atoms with Crippen molar-refractivity contribution in [3.05, 3.63) is 95.6 Å². The van der Waals surface area contributed by atoms with Crippen LogP contribution in [0.4, 0.5) is 0 Å². The zero-order valence-corrected chi connectivity index (χ0v) is 12.0. The van der Waals surface area contributed by atoms with Crippen molar-refractivity contribution in [2.45, 2.75) is 13.0 Å². The highest BCUT2D eigenvalue weighted by molar-refractivity contribution is 5.63. The lowest BCUT2D eigenvalue weighted by Crippen LogP contribution is -2.01. The molecule has 1 N–H and O–H groups in total. The monoisotopic (exact) mass is 274 g/mol. The Hall–Kier alpha value is -2.38. The Bertz CT molecular complexity index is 714. The van der Waals surface area contributed by atoms with E-state index in [1.54, 1.807) is 0 Å². The Kier molecular flexibility index (Phi) is 3.85. The van der Waals surface area contributed by atoms with Crippen molar-refractivity contribution < 1.29 is 5.11 Å². The van der Waals surface area contributed by atoms with E-state index in [0.29, 0.717) is 0 Å². The summed E-state index contributed by atoms with van der Waals surface area (Å²) in [6.07, 6.45) is -0.573. The van der Waals surface area contributed by atoms with Crippen LogP contribution in [0.2, 0.25) is 0 Å². The molecular weight excluding hydrogens is 256 g/mol. The number of hydrogen-bond acceptors (Lipinski definition) is 1. The van der Waals surface area contributed by atoms with Gasteiger partial charge in [0.2, 0.25) is 0 Å². The standard InChI is InChI=1S/C20H18O/c1-15-7-5-6-10-19(15)20(21)18-13-11-17(12-14-18)16-8-3-2-4-9-16/h2-14,20-21H,1H3/t20-/m1/s1. The van der Waals surface area contributed by atoms with E-state index in [0.717, 1.165) is 22.3 Å². The van der Waals surface area contributed by atoms with Crippen LogP contribution in [0.15, 0.2) is 78.9 Å². The Labute approximate surface area is 125 Å². The van der Waals surface area contributed by atoms with Crippen molar-refractivity contribution in [1.29, 1.82) is 0 Å². The highest BCUT2D eigenvalue weighted by Crippen LogP contribution is 2.27. The van der Waals surface area contributed by atoms with Crippen molar-refractivity contribution in [2.75, 3.05) is 0 Å². The van der Waals surface area contributed by atoms with E-state index in [9.17, 15) is 5.11 Å². The average Bonchev–Trinajstić information content (AvgIpc) is 2.56. The maximum absolute atomic E-state index is 10.5. The van der Waals surface area contributed by atoms with Gasteiger partial charge in [-0.1, -0.05) is 78.9 Å². The molecule has 0 saturated heterocycles. The quantitative estimate of drug-likeness (QED) is 0.731. The van der Waals surface area contributed by atoms with Gasteiger partial charge in [-0.2, -0.15) is 0 Å².